The van der Waals surface area contributed by atoms with E-state index in [0.29, 0.717) is 19.6 Å². The summed E-state index contributed by atoms with van der Waals surface area (Å²) in [6.07, 6.45) is 4.01. The average Bonchev–Trinajstić information content (AvgIpc) is 2.49. The molecule has 0 bridgehead atoms. The number of amides is 2. The molecule has 2 N–H and O–H groups in total. The summed E-state index contributed by atoms with van der Waals surface area (Å²) in [6.45, 7) is 7.53. The van der Waals surface area contributed by atoms with E-state index in [1.165, 1.54) is 0 Å². The molecule has 1 aliphatic rings. The predicted molar refractivity (Wildman–Crippen MR) is 79.3 cm³/mol. The molecule has 1 fully saturated rings. The molecule has 6 heteroatoms. The first-order valence-corrected chi connectivity index (χ1v) is 8.14. The van der Waals surface area contributed by atoms with Gasteiger partial charge >= 0.3 is 11.8 Å². The Kier molecular flexibility index (Phi) is 6.65. The van der Waals surface area contributed by atoms with Gasteiger partial charge in [0.05, 0.1) is 0 Å². The zero-order valence-electron chi connectivity index (χ0n) is 12.1. The van der Waals surface area contributed by atoms with Crippen molar-refractivity contribution in [2.75, 3.05) is 39.0 Å². The van der Waals surface area contributed by atoms with Crippen molar-refractivity contribution in [1.29, 1.82) is 0 Å². The Balaban J connectivity index is 2.47. The highest BCUT2D eigenvalue weighted by molar-refractivity contribution is 8.00. The standard InChI is InChI=1S/C13H25N3O2S/c1-4-13(5-2,19-3)10-15-11(17)12(18)16-8-6-14-7-9-16/h14H,4-10H2,1-3H3,(H,15,17). The van der Waals surface area contributed by atoms with Crippen LogP contribution in [0.15, 0.2) is 0 Å². The quantitative estimate of drug-likeness (QED) is 0.721. The van der Waals surface area contributed by atoms with Crippen LogP contribution < -0.4 is 10.6 Å². The molecule has 0 unspecified atom stereocenters. The van der Waals surface area contributed by atoms with Crippen LogP contribution in [0, 0.1) is 0 Å². The second-order valence-corrected chi connectivity index (χ2v) is 6.09. The smallest absolute Gasteiger partial charge is 0.311 e. The second-order valence-electron chi connectivity index (χ2n) is 4.82. The molecule has 110 valence electrons. The van der Waals surface area contributed by atoms with Crippen LogP contribution in [0.3, 0.4) is 0 Å². The van der Waals surface area contributed by atoms with Gasteiger partial charge in [0, 0.05) is 37.5 Å². The summed E-state index contributed by atoms with van der Waals surface area (Å²) < 4.78 is 0.0411. The minimum atomic E-state index is -0.470. The van der Waals surface area contributed by atoms with E-state index in [4.69, 9.17) is 0 Å². The van der Waals surface area contributed by atoms with Gasteiger partial charge in [-0.25, -0.2) is 0 Å². The van der Waals surface area contributed by atoms with E-state index in [1.54, 1.807) is 16.7 Å². The maximum Gasteiger partial charge on any atom is 0.311 e. The van der Waals surface area contributed by atoms with Gasteiger partial charge in [0.2, 0.25) is 0 Å². The third-order valence-electron chi connectivity index (χ3n) is 3.89. The number of nitrogens with one attached hydrogen (secondary N) is 2. The number of hydrogen-bond donors (Lipinski definition) is 2. The molecule has 0 atom stereocenters. The zero-order chi connectivity index (χ0) is 14.3. The number of nitrogens with zero attached hydrogens (tertiary/aromatic N) is 1. The highest BCUT2D eigenvalue weighted by Crippen LogP contribution is 2.29. The van der Waals surface area contributed by atoms with Crippen LogP contribution in [-0.4, -0.2) is 60.4 Å². The Morgan fingerprint density at radius 2 is 1.84 bits per heavy atom. The van der Waals surface area contributed by atoms with Crippen molar-refractivity contribution in [1.82, 2.24) is 15.5 Å². The molecule has 0 aromatic rings. The third kappa shape index (κ3) is 4.38. The number of rotatable bonds is 5. The van der Waals surface area contributed by atoms with Crippen LogP contribution >= 0.6 is 11.8 Å². The van der Waals surface area contributed by atoms with Gasteiger partial charge in [-0.15, -0.1) is 0 Å². The summed E-state index contributed by atoms with van der Waals surface area (Å²) in [6, 6.07) is 0. The third-order valence-corrected chi connectivity index (χ3v) is 5.48. The van der Waals surface area contributed by atoms with Crippen molar-refractivity contribution in [3.8, 4) is 0 Å². The normalized spacial score (nSPS) is 16.3. The van der Waals surface area contributed by atoms with Crippen LogP contribution in [-0.2, 0) is 9.59 Å². The van der Waals surface area contributed by atoms with Gasteiger partial charge in [0.1, 0.15) is 0 Å². The maximum atomic E-state index is 12.0. The summed E-state index contributed by atoms with van der Waals surface area (Å²) in [5, 5.41) is 5.97. The summed E-state index contributed by atoms with van der Waals surface area (Å²) >= 11 is 1.76. The Hall–Kier alpha value is -0.750. The molecule has 0 radical (unpaired) electrons. The van der Waals surface area contributed by atoms with E-state index in [-0.39, 0.29) is 4.75 Å². The van der Waals surface area contributed by atoms with Crippen LogP contribution in [0.4, 0.5) is 0 Å². The van der Waals surface area contributed by atoms with Crippen molar-refractivity contribution in [3.05, 3.63) is 0 Å². The largest absolute Gasteiger partial charge is 0.346 e. The topological polar surface area (TPSA) is 61.4 Å². The van der Waals surface area contributed by atoms with E-state index in [2.05, 4.69) is 30.7 Å². The lowest BCUT2D eigenvalue weighted by molar-refractivity contribution is -0.146. The molecular formula is C13H25N3O2S. The zero-order valence-corrected chi connectivity index (χ0v) is 12.9. The number of thioether (sulfide) groups is 1. The first kappa shape index (κ1) is 16.3. The fraction of sp³-hybridized carbons (Fsp3) is 0.846. The lowest BCUT2D eigenvalue weighted by atomic mass is 10.0. The maximum absolute atomic E-state index is 12.0. The fourth-order valence-corrected chi connectivity index (χ4v) is 2.98. The van der Waals surface area contributed by atoms with Crippen LogP contribution in [0.5, 0.6) is 0 Å². The lowest BCUT2D eigenvalue weighted by Crippen LogP contribution is -2.52. The van der Waals surface area contributed by atoms with Gasteiger partial charge in [-0.2, -0.15) is 11.8 Å². The molecule has 0 saturated carbocycles. The van der Waals surface area contributed by atoms with E-state index in [0.717, 1.165) is 25.9 Å². The van der Waals surface area contributed by atoms with E-state index in [1.807, 2.05) is 0 Å². The minimum absolute atomic E-state index is 0.0411. The van der Waals surface area contributed by atoms with Gasteiger partial charge in [0.15, 0.2) is 0 Å². The van der Waals surface area contributed by atoms with Gasteiger partial charge in [-0.1, -0.05) is 13.8 Å². The summed E-state index contributed by atoms with van der Waals surface area (Å²) in [4.78, 5) is 25.5. The van der Waals surface area contributed by atoms with Gasteiger partial charge in [-0.3, -0.25) is 9.59 Å². The van der Waals surface area contributed by atoms with Crippen molar-refractivity contribution in [3.63, 3.8) is 0 Å². The monoisotopic (exact) mass is 287 g/mol. The molecule has 0 spiro atoms. The lowest BCUT2D eigenvalue weighted by Gasteiger charge is -2.31. The van der Waals surface area contributed by atoms with E-state index in [9.17, 15) is 9.59 Å². The summed E-state index contributed by atoms with van der Waals surface area (Å²) in [5.41, 5.74) is 0. The number of carbonyl (C=O) groups excluding carboxylic acids is 2. The first-order valence-electron chi connectivity index (χ1n) is 6.91. The number of hydrogen-bond acceptors (Lipinski definition) is 4. The van der Waals surface area contributed by atoms with Gasteiger partial charge in [-0.05, 0) is 19.1 Å². The van der Waals surface area contributed by atoms with Gasteiger partial charge in [0.25, 0.3) is 0 Å². The molecule has 1 heterocycles. The minimum Gasteiger partial charge on any atom is -0.346 e. The van der Waals surface area contributed by atoms with Crippen LogP contribution in [0.25, 0.3) is 0 Å². The fourth-order valence-electron chi connectivity index (χ4n) is 2.19. The highest BCUT2D eigenvalue weighted by atomic mass is 32.2. The predicted octanol–water partition coefficient (Wildman–Crippen LogP) is 0.456. The Morgan fingerprint density at radius 1 is 1.26 bits per heavy atom. The molecule has 0 aromatic heterocycles. The molecule has 1 saturated heterocycles. The molecule has 19 heavy (non-hydrogen) atoms. The van der Waals surface area contributed by atoms with Crippen molar-refractivity contribution >= 4 is 23.6 Å². The molecule has 1 rings (SSSR count). The molecule has 0 aromatic carbocycles. The molecular weight excluding hydrogens is 262 g/mol. The SMILES string of the molecule is CCC(CC)(CNC(=O)C(=O)N1CCNCC1)SC. The summed E-state index contributed by atoms with van der Waals surface area (Å²) in [7, 11) is 0. The Labute approximate surface area is 119 Å². The van der Waals surface area contributed by atoms with Crippen LogP contribution in [0.1, 0.15) is 26.7 Å². The summed E-state index contributed by atoms with van der Waals surface area (Å²) in [5.74, 6) is -0.870. The Morgan fingerprint density at radius 3 is 2.32 bits per heavy atom. The Bertz CT molecular complexity index is 305. The highest BCUT2D eigenvalue weighted by Gasteiger charge is 2.28. The number of carbonyl (C=O) groups is 2. The van der Waals surface area contributed by atoms with Crippen molar-refractivity contribution < 1.29 is 9.59 Å². The van der Waals surface area contributed by atoms with Crippen LogP contribution in [0.2, 0.25) is 0 Å². The molecule has 2 amide bonds. The first-order chi connectivity index (χ1) is 9.08. The molecule has 1 aliphatic heterocycles. The van der Waals surface area contributed by atoms with E-state index < -0.39 is 11.8 Å². The van der Waals surface area contributed by atoms with Crippen molar-refractivity contribution in [2.45, 2.75) is 31.4 Å². The number of piperazine rings is 1. The average molecular weight is 287 g/mol. The second kappa shape index (κ2) is 7.75. The van der Waals surface area contributed by atoms with E-state index >= 15 is 0 Å². The van der Waals surface area contributed by atoms with Gasteiger partial charge < -0.3 is 15.5 Å². The molecule has 5 nitrogen and oxygen atoms in total. The molecule has 0 aliphatic carbocycles. The van der Waals surface area contributed by atoms with Crippen molar-refractivity contribution in [2.24, 2.45) is 0 Å².